The molecule has 2 aromatic rings. The Balaban J connectivity index is 1.50. The Labute approximate surface area is 184 Å². The van der Waals surface area contributed by atoms with E-state index in [4.69, 9.17) is 21.1 Å². The minimum Gasteiger partial charge on any atom is -0.491 e. The molecule has 1 atom stereocenters. The number of hydrogen-bond acceptors (Lipinski definition) is 5. The highest BCUT2D eigenvalue weighted by molar-refractivity contribution is 7.92. The largest absolute Gasteiger partial charge is 0.491 e. The monoisotopic (exact) mass is 452 g/mol. The van der Waals surface area contributed by atoms with E-state index >= 15 is 0 Å². The minimum atomic E-state index is -3.28. The Kier molecular flexibility index (Phi) is 7.99. The summed E-state index contributed by atoms with van der Waals surface area (Å²) in [7, 11) is -1.75. The van der Waals surface area contributed by atoms with Gasteiger partial charge in [-0.25, -0.2) is 8.42 Å². The first kappa shape index (κ1) is 22.9. The number of benzene rings is 2. The van der Waals surface area contributed by atoms with Crippen LogP contribution in [0.1, 0.15) is 12.0 Å². The highest BCUT2D eigenvalue weighted by Gasteiger charge is 2.19. The third-order valence-corrected chi connectivity index (χ3v) is 6.61. The van der Waals surface area contributed by atoms with Gasteiger partial charge < -0.3 is 14.4 Å². The zero-order valence-electron chi connectivity index (χ0n) is 17.5. The van der Waals surface area contributed by atoms with Crippen molar-refractivity contribution in [1.29, 1.82) is 0 Å². The molecule has 2 aromatic carbocycles. The maximum absolute atomic E-state index is 11.6. The third kappa shape index (κ3) is 6.87. The Morgan fingerprint density at radius 2 is 2.00 bits per heavy atom. The molecule has 0 radical (unpaired) electrons. The van der Waals surface area contributed by atoms with E-state index in [1.54, 1.807) is 24.3 Å². The van der Waals surface area contributed by atoms with Gasteiger partial charge in [-0.05, 0) is 54.8 Å². The molecule has 30 heavy (non-hydrogen) atoms. The molecule has 0 spiro atoms. The van der Waals surface area contributed by atoms with E-state index in [2.05, 4.69) is 11.0 Å². The second-order valence-corrected chi connectivity index (χ2v) is 10.0. The molecule has 0 aromatic heterocycles. The van der Waals surface area contributed by atoms with Crippen LogP contribution in [0.5, 0.6) is 5.75 Å². The smallest absolute Gasteiger partial charge is 0.231 e. The van der Waals surface area contributed by atoms with E-state index in [0.717, 1.165) is 44.1 Å². The number of halogens is 1. The summed E-state index contributed by atoms with van der Waals surface area (Å²) in [4.78, 5) is 2.41. The number of ether oxygens (including phenoxy) is 2. The molecule has 0 amide bonds. The van der Waals surface area contributed by atoms with Crippen molar-refractivity contribution >= 4 is 27.3 Å². The molecule has 164 valence electrons. The third-order valence-electron chi connectivity index (χ3n) is 5.17. The molecule has 0 N–H and O–H groups in total. The van der Waals surface area contributed by atoms with Crippen LogP contribution in [0.3, 0.4) is 0 Å². The van der Waals surface area contributed by atoms with Crippen LogP contribution in [-0.4, -0.2) is 65.6 Å². The van der Waals surface area contributed by atoms with Crippen LogP contribution in [0.2, 0.25) is 5.02 Å². The summed E-state index contributed by atoms with van der Waals surface area (Å²) in [6, 6.07) is 15.0. The van der Waals surface area contributed by atoms with Gasteiger partial charge in [0.05, 0.1) is 11.9 Å². The molecule has 0 saturated carbocycles. The standard InChI is InChI=1S/C22H29ClN2O4S/c1-24(30(2,26)27)20-7-9-21(10-8-20)29-17-22-16-25(12-4-14-28-22)13-11-18-5-3-6-19(23)15-18/h3,5-10,15,22H,4,11-14,16-17H2,1-2H3/t22-/m0/s1. The normalized spacial score (nSPS) is 18.0. The zero-order chi connectivity index (χ0) is 21.6. The lowest BCUT2D eigenvalue weighted by Gasteiger charge is -2.24. The lowest BCUT2D eigenvalue weighted by Crippen LogP contribution is -2.36. The second-order valence-electron chi connectivity index (χ2n) is 7.56. The number of rotatable bonds is 8. The molecule has 1 aliphatic heterocycles. The summed E-state index contributed by atoms with van der Waals surface area (Å²) in [5, 5.41) is 0.770. The Morgan fingerprint density at radius 3 is 2.70 bits per heavy atom. The average molecular weight is 453 g/mol. The maximum Gasteiger partial charge on any atom is 0.231 e. The van der Waals surface area contributed by atoms with Crippen molar-refractivity contribution in [3.05, 3.63) is 59.1 Å². The first-order valence-corrected chi connectivity index (χ1v) is 12.3. The topological polar surface area (TPSA) is 59.1 Å². The van der Waals surface area contributed by atoms with Crippen LogP contribution < -0.4 is 9.04 Å². The molecule has 1 aliphatic rings. The molecule has 6 nitrogen and oxygen atoms in total. The Hall–Kier alpha value is -1.80. The molecule has 0 aliphatic carbocycles. The summed E-state index contributed by atoms with van der Waals surface area (Å²) >= 11 is 6.08. The molecular formula is C22H29ClN2O4S. The van der Waals surface area contributed by atoms with E-state index in [1.165, 1.54) is 23.2 Å². The maximum atomic E-state index is 11.6. The predicted molar refractivity (Wildman–Crippen MR) is 121 cm³/mol. The van der Waals surface area contributed by atoms with Crippen molar-refractivity contribution in [2.75, 3.05) is 50.5 Å². The lowest BCUT2D eigenvalue weighted by atomic mass is 10.1. The van der Waals surface area contributed by atoms with Gasteiger partial charge in [0, 0.05) is 38.3 Å². The van der Waals surface area contributed by atoms with E-state index < -0.39 is 10.0 Å². The fourth-order valence-electron chi connectivity index (χ4n) is 3.39. The van der Waals surface area contributed by atoms with E-state index in [-0.39, 0.29) is 6.10 Å². The van der Waals surface area contributed by atoms with Gasteiger partial charge in [-0.3, -0.25) is 4.31 Å². The van der Waals surface area contributed by atoms with Crippen molar-refractivity contribution in [3.8, 4) is 5.75 Å². The lowest BCUT2D eigenvalue weighted by molar-refractivity contribution is 0.0210. The van der Waals surface area contributed by atoms with Crippen LogP contribution in [0, 0.1) is 0 Å². The highest BCUT2D eigenvalue weighted by Crippen LogP contribution is 2.21. The van der Waals surface area contributed by atoms with Crippen LogP contribution in [0.25, 0.3) is 0 Å². The van der Waals surface area contributed by atoms with Crippen LogP contribution in [-0.2, 0) is 21.2 Å². The number of anilines is 1. The molecule has 3 rings (SSSR count). The van der Waals surface area contributed by atoms with Crippen molar-refractivity contribution < 1.29 is 17.9 Å². The average Bonchev–Trinajstić information content (AvgIpc) is 2.95. The summed E-state index contributed by atoms with van der Waals surface area (Å²) in [5.74, 6) is 0.693. The number of nitrogens with zero attached hydrogens (tertiary/aromatic N) is 2. The second kappa shape index (κ2) is 10.5. The molecule has 8 heteroatoms. The SMILES string of the molecule is CN(c1ccc(OC[C@@H]2CN(CCc3cccc(Cl)c3)CCCO2)cc1)S(C)(=O)=O. The molecule has 1 fully saturated rings. The summed E-state index contributed by atoms with van der Waals surface area (Å²) < 4.78 is 36.4. The molecule has 1 heterocycles. The van der Waals surface area contributed by atoms with Crippen LogP contribution >= 0.6 is 11.6 Å². The van der Waals surface area contributed by atoms with E-state index in [9.17, 15) is 8.42 Å². The van der Waals surface area contributed by atoms with Crippen LogP contribution in [0.4, 0.5) is 5.69 Å². The van der Waals surface area contributed by atoms with Crippen molar-refractivity contribution in [2.24, 2.45) is 0 Å². The summed E-state index contributed by atoms with van der Waals surface area (Å²) in [6.07, 6.45) is 3.12. The fourth-order valence-corrected chi connectivity index (χ4v) is 4.10. The fraction of sp³-hybridized carbons (Fsp3) is 0.455. The Morgan fingerprint density at radius 1 is 1.23 bits per heavy atom. The zero-order valence-corrected chi connectivity index (χ0v) is 19.0. The van der Waals surface area contributed by atoms with Gasteiger partial charge in [0.25, 0.3) is 0 Å². The molecule has 0 bridgehead atoms. The molecule has 0 unspecified atom stereocenters. The van der Waals surface area contributed by atoms with Crippen LogP contribution in [0.15, 0.2) is 48.5 Å². The Bertz CT molecular complexity index is 921. The van der Waals surface area contributed by atoms with Gasteiger partial charge in [-0.1, -0.05) is 23.7 Å². The number of hydrogen-bond donors (Lipinski definition) is 0. The predicted octanol–water partition coefficient (Wildman–Crippen LogP) is 3.45. The van der Waals surface area contributed by atoms with Crippen molar-refractivity contribution in [3.63, 3.8) is 0 Å². The quantitative estimate of drug-likeness (QED) is 0.614. The van der Waals surface area contributed by atoms with Gasteiger partial charge in [0.15, 0.2) is 0 Å². The molecular weight excluding hydrogens is 424 g/mol. The van der Waals surface area contributed by atoms with Gasteiger partial charge in [-0.15, -0.1) is 0 Å². The van der Waals surface area contributed by atoms with Crippen molar-refractivity contribution in [2.45, 2.75) is 18.9 Å². The number of sulfonamides is 1. The first-order valence-electron chi connectivity index (χ1n) is 10.1. The molecule has 1 saturated heterocycles. The first-order chi connectivity index (χ1) is 14.3. The van der Waals surface area contributed by atoms with E-state index in [1.807, 2.05) is 18.2 Å². The van der Waals surface area contributed by atoms with Gasteiger partial charge in [0.1, 0.15) is 18.5 Å². The van der Waals surface area contributed by atoms with Gasteiger partial charge in [0.2, 0.25) is 10.0 Å². The van der Waals surface area contributed by atoms with Gasteiger partial charge in [-0.2, -0.15) is 0 Å². The highest BCUT2D eigenvalue weighted by atomic mass is 35.5. The van der Waals surface area contributed by atoms with Gasteiger partial charge >= 0.3 is 0 Å². The van der Waals surface area contributed by atoms with E-state index in [0.29, 0.717) is 18.0 Å². The minimum absolute atomic E-state index is 0.00905. The van der Waals surface area contributed by atoms with Crippen molar-refractivity contribution in [1.82, 2.24) is 4.90 Å². The summed E-state index contributed by atoms with van der Waals surface area (Å²) in [5.41, 5.74) is 1.84. The summed E-state index contributed by atoms with van der Waals surface area (Å²) in [6.45, 7) is 3.94.